The number of nitriles is 1. The molecule has 2 bridgehead atoms. The number of carbonyl (C=O) groups excluding carboxylic acids is 1. The SMILES string of the molecule is C#CC1(c2cccc(-c3ccc(C(=O)N[C@@H]4C[C@@H]5CC[C@H]4N5C#N)c(Cl)c3)n2)CC1. The molecule has 5 nitrogen and oxygen atoms in total. The first-order valence-corrected chi connectivity index (χ1v) is 10.7. The van der Waals surface area contributed by atoms with Crippen LogP contribution in [-0.4, -0.2) is 33.9 Å². The molecule has 3 atom stereocenters. The van der Waals surface area contributed by atoms with Gasteiger partial charge in [-0.1, -0.05) is 29.7 Å². The number of carbonyl (C=O) groups is 1. The lowest BCUT2D eigenvalue weighted by atomic mass is 9.95. The van der Waals surface area contributed by atoms with E-state index in [4.69, 9.17) is 23.0 Å². The molecule has 2 aliphatic heterocycles. The van der Waals surface area contributed by atoms with E-state index in [1.807, 2.05) is 29.2 Å². The second kappa shape index (κ2) is 7.04. The molecule has 3 aliphatic rings. The third kappa shape index (κ3) is 3.02. The largest absolute Gasteiger partial charge is 0.347 e. The number of halogens is 1. The average Bonchev–Trinajstić information content (AvgIpc) is 3.38. The highest BCUT2D eigenvalue weighted by molar-refractivity contribution is 6.34. The minimum absolute atomic E-state index is 0.0107. The van der Waals surface area contributed by atoms with Gasteiger partial charge in [-0.15, -0.1) is 6.42 Å². The van der Waals surface area contributed by atoms with Gasteiger partial charge in [-0.05, 0) is 56.4 Å². The Morgan fingerprint density at radius 2 is 2.13 bits per heavy atom. The Labute approximate surface area is 181 Å². The summed E-state index contributed by atoms with van der Waals surface area (Å²) in [6.45, 7) is 0. The summed E-state index contributed by atoms with van der Waals surface area (Å²) in [5, 5.41) is 12.8. The van der Waals surface area contributed by atoms with Gasteiger partial charge in [0.25, 0.3) is 5.91 Å². The summed E-state index contributed by atoms with van der Waals surface area (Å²) in [5.41, 5.74) is 2.77. The number of terminal acetylenes is 1. The van der Waals surface area contributed by atoms with E-state index in [9.17, 15) is 10.1 Å². The van der Waals surface area contributed by atoms with Crippen LogP contribution < -0.4 is 5.32 Å². The summed E-state index contributed by atoms with van der Waals surface area (Å²) in [6, 6.07) is 11.6. The van der Waals surface area contributed by atoms with Crippen molar-refractivity contribution in [3.8, 4) is 29.8 Å². The Morgan fingerprint density at radius 3 is 2.80 bits per heavy atom. The lowest BCUT2D eigenvalue weighted by molar-refractivity contribution is 0.0928. The van der Waals surface area contributed by atoms with Crippen molar-refractivity contribution >= 4 is 17.5 Å². The van der Waals surface area contributed by atoms with Gasteiger partial charge in [0, 0.05) is 11.6 Å². The van der Waals surface area contributed by atoms with Crippen molar-refractivity contribution in [2.75, 3.05) is 0 Å². The molecule has 1 aromatic carbocycles. The molecule has 0 radical (unpaired) electrons. The van der Waals surface area contributed by atoms with Gasteiger partial charge >= 0.3 is 0 Å². The number of nitrogens with zero attached hydrogens (tertiary/aromatic N) is 3. The summed E-state index contributed by atoms with van der Waals surface area (Å²) in [4.78, 5) is 19.4. The molecule has 150 valence electrons. The Bertz CT molecular complexity index is 1110. The topological polar surface area (TPSA) is 69.0 Å². The van der Waals surface area contributed by atoms with Gasteiger partial charge in [0.15, 0.2) is 6.19 Å². The van der Waals surface area contributed by atoms with Gasteiger partial charge in [-0.2, -0.15) is 5.26 Å². The molecule has 1 aliphatic carbocycles. The highest BCUT2D eigenvalue weighted by atomic mass is 35.5. The maximum Gasteiger partial charge on any atom is 0.253 e. The van der Waals surface area contributed by atoms with Crippen LogP contribution in [0.5, 0.6) is 0 Å². The smallest absolute Gasteiger partial charge is 0.253 e. The molecule has 2 aromatic rings. The number of hydrogen-bond acceptors (Lipinski definition) is 4. The molecular formula is C24H21ClN4O. The van der Waals surface area contributed by atoms with Crippen LogP contribution in [0.3, 0.4) is 0 Å². The molecule has 1 aromatic heterocycles. The number of nitrogens with one attached hydrogen (secondary N) is 1. The van der Waals surface area contributed by atoms with Crippen LogP contribution in [0.2, 0.25) is 5.02 Å². The van der Waals surface area contributed by atoms with Crippen LogP contribution >= 0.6 is 11.6 Å². The van der Waals surface area contributed by atoms with Gasteiger partial charge in [0.2, 0.25) is 0 Å². The number of rotatable bonds is 4. The molecule has 3 heterocycles. The molecule has 2 saturated heterocycles. The third-order valence-electron chi connectivity index (χ3n) is 6.74. The van der Waals surface area contributed by atoms with Gasteiger partial charge < -0.3 is 10.2 Å². The van der Waals surface area contributed by atoms with Crippen LogP contribution in [0.1, 0.15) is 48.2 Å². The zero-order valence-electron chi connectivity index (χ0n) is 16.4. The quantitative estimate of drug-likeness (QED) is 0.606. The zero-order chi connectivity index (χ0) is 20.9. The lowest BCUT2D eigenvalue weighted by Crippen LogP contribution is -2.43. The maximum absolute atomic E-state index is 12.8. The molecule has 1 saturated carbocycles. The highest BCUT2D eigenvalue weighted by Gasteiger charge is 2.47. The van der Waals surface area contributed by atoms with Crippen LogP contribution in [0.15, 0.2) is 36.4 Å². The van der Waals surface area contributed by atoms with Crippen LogP contribution in [-0.2, 0) is 5.41 Å². The molecule has 5 rings (SSSR count). The summed E-state index contributed by atoms with van der Waals surface area (Å²) in [5.74, 6) is 2.67. The average molecular weight is 417 g/mol. The van der Waals surface area contributed by atoms with Crippen molar-refractivity contribution in [3.05, 3.63) is 52.7 Å². The van der Waals surface area contributed by atoms with Crippen molar-refractivity contribution in [2.45, 2.75) is 55.6 Å². The zero-order valence-corrected chi connectivity index (χ0v) is 17.2. The second-order valence-corrected chi connectivity index (χ2v) is 8.86. The van der Waals surface area contributed by atoms with Gasteiger partial charge in [-0.25, -0.2) is 0 Å². The van der Waals surface area contributed by atoms with E-state index in [0.717, 1.165) is 49.1 Å². The first-order valence-electron chi connectivity index (χ1n) is 10.3. The fourth-order valence-corrected chi connectivity index (χ4v) is 5.13. The van der Waals surface area contributed by atoms with Crippen LogP contribution in [0.25, 0.3) is 11.3 Å². The van der Waals surface area contributed by atoms with E-state index >= 15 is 0 Å². The number of amides is 1. The predicted molar refractivity (Wildman–Crippen MR) is 115 cm³/mol. The molecule has 6 heteroatoms. The molecule has 3 fully saturated rings. The van der Waals surface area contributed by atoms with Crippen LogP contribution in [0.4, 0.5) is 0 Å². The normalized spacial score (nSPS) is 25.4. The fraction of sp³-hybridized carbons (Fsp3) is 0.375. The Balaban J connectivity index is 1.35. The third-order valence-corrected chi connectivity index (χ3v) is 7.06. The van der Waals surface area contributed by atoms with Crippen LogP contribution in [0, 0.1) is 23.8 Å². The van der Waals surface area contributed by atoms with E-state index in [1.165, 1.54) is 0 Å². The van der Waals surface area contributed by atoms with Crippen molar-refractivity contribution in [2.24, 2.45) is 0 Å². The van der Waals surface area contributed by atoms with Gasteiger partial charge in [0.05, 0.1) is 39.5 Å². The van der Waals surface area contributed by atoms with E-state index in [1.54, 1.807) is 12.1 Å². The van der Waals surface area contributed by atoms with E-state index in [0.29, 0.717) is 10.6 Å². The monoisotopic (exact) mass is 416 g/mol. The Kier molecular flexibility index (Phi) is 4.45. The number of fused-ring (bicyclic) bond motifs is 2. The standard InChI is InChI=1S/C24H21ClN4O/c1-2-24(10-11-24)22-5-3-4-19(27-22)15-6-8-17(18(25)12-15)23(30)28-20-13-16-7-9-21(20)29(16)14-26/h1,3-6,8,12,16,20-21H,7,9-11,13H2,(H,28,30)/t16-,20+,21+/m0/s1. The molecular weight excluding hydrogens is 396 g/mol. The number of benzene rings is 1. The first-order chi connectivity index (χ1) is 14.5. The predicted octanol–water partition coefficient (Wildman–Crippen LogP) is 3.88. The molecule has 30 heavy (non-hydrogen) atoms. The van der Waals surface area contributed by atoms with Gasteiger partial charge in [0.1, 0.15) is 0 Å². The Hall–Kier alpha value is -3.02. The number of pyridine rings is 1. The summed E-state index contributed by atoms with van der Waals surface area (Å²) < 4.78 is 0. The molecule has 1 N–H and O–H groups in total. The van der Waals surface area contributed by atoms with Gasteiger partial charge in [-0.3, -0.25) is 9.78 Å². The summed E-state index contributed by atoms with van der Waals surface area (Å²) in [6.07, 6.45) is 12.7. The van der Waals surface area contributed by atoms with Crippen molar-refractivity contribution in [3.63, 3.8) is 0 Å². The fourth-order valence-electron chi connectivity index (χ4n) is 4.87. The second-order valence-electron chi connectivity index (χ2n) is 8.45. The summed E-state index contributed by atoms with van der Waals surface area (Å²) >= 11 is 6.48. The lowest BCUT2D eigenvalue weighted by Gasteiger charge is -2.22. The Morgan fingerprint density at radius 1 is 1.30 bits per heavy atom. The number of aromatic nitrogens is 1. The minimum atomic E-state index is -0.225. The molecule has 0 unspecified atom stereocenters. The highest BCUT2D eigenvalue weighted by Crippen LogP contribution is 2.47. The van der Waals surface area contributed by atoms with Crippen molar-refractivity contribution in [1.29, 1.82) is 5.26 Å². The summed E-state index contributed by atoms with van der Waals surface area (Å²) in [7, 11) is 0. The van der Waals surface area contributed by atoms with E-state index < -0.39 is 0 Å². The number of hydrogen-bond donors (Lipinski definition) is 1. The van der Waals surface area contributed by atoms with Crippen molar-refractivity contribution < 1.29 is 4.79 Å². The molecule has 1 amide bonds. The minimum Gasteiger partial charge on any atom is -0.347 e. The molecule has 0 spiro atoms. The van der Waals surface area contributed by atoms with E-state index in [-0.39, 0.29) is 29.4 Å². The first kappa shape index (κ1) is 19.0. The maximum atomic E-state index is 12.8. The van der Waals surface area contributed by atoms with E-state index in [2.05, 4.69) is 17.4 Å². The van der Waals surface area contributed by atoms with Crippen molar-refractivity contribution in [1.82, 2.24) is 15.2 Å².